The van der Waals surface area contributed by atoms with Crippen molar-refractivity contribution in [3.63, 3.8) is 0 Å². The van der Waals surface area contributed by atoms with Gasteiger partial charge in [-0.15, -0.1) is 34.0 Å². The van der Waals surface area contributed by atoms with Crippen LogP contribution in [0.2, 0.25) is 0 Å². The molecule has 0 fully saturated rings. The van der Waals surface area contributed by atoms with Crippen molar-refractivity contribution < 1.29 is 14.3 Å². The first-order chi connectivity index (χ1) is 17.0. The van der Waals surface area contributed by atoms with Gasteiger partial charge in [-0.1, -0.05) is 24.3 Å². The number of hydrogen-bond donors (Lipinski definition) is 2. The molecule has 0 radical (unpaired) electrons. The van der Waals surface area contributed by atoms with Crippen LogP contribution in [-0.4, -0.2) is 23.5 Å². The molecule has 0 saturated carbocycles. The van der Waals surface area contributed by atoms with E-state index in [1.165, 1.54) is 17.5 Å². The summed E-state index contributed by atoms with van der Waals surface area (Å²) in [4.78, 5) is 31.6. The van der Waals surface area contributed by atoms with E-state index in [9.17, 15) is 14.9 Å². The van der Waals surface area contributed by atoms with Crippen molar-refractivity contribution in [3.05, 3.63) is 80.4 Å². The van der Waals surface area contributed by atoms with Crippen LogP contribution in [0.4, 0.5) is 10.7 Å². The second kappa shape index (κ2) is 11.1. The Hall–Kier alpha value is -3.78. The van der Waals surface area contributed by atoms with E-state index in [-0.39, 0.29) is 18.1 Å². The summed E-state index contributed by atoms with van der Waals surface area (Å²) in [7, 11) is 0. The number of benzene rings is 1. The number of thiophene rings is 2. The van der Waals surface area contributed by atoms with Gasteiger partial charge >= 0.3 is 5.97 Å². The van der Waals surface area contributed by atoms with Crippen LogP contribution in [-0.2, 0) is 4.74 Å². The highest BCUT2D eigenvalue weighted by Crippen LogP contribution is 2.35. The predicted octanol–water partition coefficient (Wildman–Crippen LogP) is 6.65. The van der Waals surface area contributed by atoms with Gasteiger partial charge in [0, 0.05) is 17.3 Å². The molecule has 0 spiro atoms. The molecule has 0 atom stereocenters. The number of thiazole rings is 1. The number of rotatable bonds is 8. The second-order valence-corrected chi connectivity index (χ2v) is 9.96. The summed E-state index contributed by atoms with van der Waals surface area (Å²) in [6.45, 7) is 3.62. The maximum Gasteiger partial charge on any atom is 0.341 e. The number of para-hydroxylation sites is 1. The van der Waals surface area contributed by atoms with Gasteiger partial charge in [0.1, 0.15) is 21.7 Å². The largest absolute Gasteiger partial charge is 0.462 e. The molecule has 176 valence electrons. The van der Waals surface area contributed by atoms with Gasteiger partial charge in [-0.05, 0) is 43.0 Å². The SMILES string of the molecule is CCOC(=O)c1c(NC=C(C#N)c2nc(-c3cccs3)cs2)sc(C(=O)Nc2ccccc2)c1C. The van der Waals surface area contributed by atoms with Crippen LogP contribution in [0, 0.1) is 18.3 Å². The van der Waals surface area contributed by atoms with E-state index in [0.717, 1.165) is 21.9 Å². The van der Waals surface area contributed by atoms with E-state index in [4.69, 9.17) is 4.74 Å². The number of carbonyl (C=O) groups excluding carboxylic acids is 2. The fourth-order valence-corrected chi connectivity index (χ4v) is 5.81. The molecule has 4 rings (SSSR count). The normalized spacial score (nSPS) is 11.1. The number of nitriles is 1. The lowest BCUT2D eigenvalue weighted by Gasteiger charge is -2.06. The summed E-state index contributed by atoms with van der Waals surface area (Å²) in [5.41, 5.74) is 2.54. The first-order valence-corrected chi connectivity index (χ1v) is 13.1. The Kier molecular flexibility index (Phi) is 7.72. The van der Waals surface area contributed by atoms with Gasteiger partial charge in [-0.25, -0.2) is 9.78 Å². The molecule has 3 aromatic heterocycles. The molecule has 1 aromatic carbocycles. The monoisotopic (exact) mass is 520 g/mol. The van der Waals surface area contributed by atoms with Gasteiger partial charge < -0.3 is 15.4 Å². The smallest absolute Gasteiger partial charge is 0.341 e. The van der Waals surface area contributed by atoms with Gasteiger partial charge in [-0.2, -0.15) is 5.26 Å². The minimum Gasteiger partial charge on any atom is -0.462 e. The molecule has 3 heterocycles. The molecular formula is C25H20N4O3S3. The number of anilines is 2. The molecular weight excluding hydrogens is 501 g/mol. The molecule has 4 aromatic rings. The Balaban J connectivity index is 1.64. The third kappa shape index (κ3) is 5.49. The highest BCUT2D eigenvalue weighted by molar-refractivity contribution is 7.18. The third-order valence-corrected chi connectivity index (χ3v) is 7.83. The van der Waals surface area contributed by atoms with Crippen molar-refractivity contribution in [2.75, 3.05) is 17.2 Å². The number of amides is 1. The summed E-state index contributed by atoms with van der Waals surface area (Å²) in [6.07, 6.45) is 1.50. The number of hydrogen-bond acceptors (Lipinski definition) is 9. The van der Waals surface area contributed by atoms with Crippen LogP contribution in [0.3, 0.4) is 0 Å². The van der Waals surface area contributed by atoms with Crippen molar-refractivity contribution in [1.29, 1.82) is 5.26 Å². The van der Waals surface area contributed by atoms with E-state index in [1.54, 1.807) is 37.3 Å². The van der Waals surface area contributed by atoms with Crippen LogP contribution in [0.15, 0.2) is 59.4 Å². The van der Waals surface area contributed by atoms with Crippen LogP contribution in [0.5, 0.6) is 0 Å². The maximum absolute atomic E-state index is 13.0. The lowest BCUT2D eigenvalue weighted by Crippen LogP contribution is -2.12. The van der Waals surface area contributed by atoms with Crippen LogP contribution >= 0.6 is 34.0 Å². The first kappa shape index (κ1) is 24.3. The zero-order chi connectivity index (χ0) is 24.8. The molecule has 0 saturated heterocycles. The van der Waals surface area contributed by atoms with E-state index >= 15 is 0 Å². The number of carbonyl (C=O) groups is 2. The predicted molar refractivity (Wildman–Crippen MR) is 142 cm³/mol. The van der Waals surface area contributed by atoms with E-state index in [0.29, 0.717) is 31.7 Å². The zero-order valence-electron chi connectivity index (χ0n) is 18.8. The second-order valence-electron chi connectivity index (χ2n) is 7.13. The number of nitrogens with zero attached hydrogens (tertiary/aromatic N) is 2. The molecule has 35 heavy (non-hydrogen) atoms. The number of aromatic nitrogens is 1. The van der Waals surface area contributed by atoms with Gasteiger partial charge in [0.15, 0.2) is 0 Å². The average Bonchev–Trinajstić information content (AvgIpc) is 3.61. The van der Waals surface area contributed by atoms with Gasteiger partial charge in [0.2, 0.25) is 0 Å². The van der Waals surface area contributed by atoms with Crippen LogP contribution in [0.25, 0.3) is 16.1 Å². The maximum atomic E-state index is 13.0. The van der Waals surface area contributed by atoms with Crippen LogP contribution in [0.1, 0.15) is 37.5 Å². The summed E-state index contributed by atoms with van der Waals surface area (Å²) in [5.74, 6) is -0.869. The molecule has 0 aliphatic rings. The highest BCUT2D eigenvalue weighted by atomic mass is 32.1. The van der Waals surface area contributed by atoms with Crippen molar-refractivity contribution in [3.8, 4) is 16.6 Å². The molecule has 0 unspecified atom stereocenters. The molecule has 0 aliphatic heterocycles. The fourth-order valence-electron chi connectivity index (χ4n) is 3.20. The summed E-state index contributed by atoms with van der Waals surface area (Å²) < 4.78 is 5.22. The van der Waals surface area contributed by atoms with E-state index < -0.39 is 5.97 Å². The average molecular weight is 521 g/mol. The van der Waals surface area contributed by atoms with Crippen molar-refractivity contribution in [2.24, 2.45) is 0 Å². The number of ether oxygens (including phenoxy) is 1. The summed E-state index contributed by atoms with van der Waals surface area (Å²) in [5, 5.41) is 20.5. The Morgan fingerprint density at radius 2 is 1.97 bits per heavy atom. The molecule has 7 nitrogen and oxygen atoms in total. The quantitative estimate of drug-likeness (QED) is 0.199. The fraction of sp³-hybridized carbons (Fsp3) is 0.120. The first-order valence-electron chi connectivity index (χ1n) is 10.5. The van der Waals surface area contributed by atoms with Gasteiger partial charge in [0.25, 0.3) is 5.91 Å². The Labute approximate surface area is 214 Å². The Morgan fingerprint density at radius 1 is 1.17 bits per heavy atom. The summed E-state index contributed by atoms with van der Waals surface area (Å²) in [6, 6.07) is 15.2. The van der Waals surface area contributed by atoms with Crippen LogP contribution < -0.4 is 10.6 Å². The molecule has 0 bridgehead atoms. The lowest BCUT2D eigenvalue weighted by molar-refractivity contribution is 0.0527. The zero-order valence-corrected chi connectivity index (χ0v) is 21.3. The lowest BCUT2D eigenvalue weighted by atomic mass is 10.1. The van der Waals surface area contributed by atoms with Gasteiger partial charge in [-0.3, -0.25) is 4.79 Å². The van der Waals surface area contributed by atoms with Crippen molar-refractivity contribution in [2.45, 2.75) is 13.8 Å². The molecule has 10 heteroatoms. The Bertz CT molecular complexity index is 1410. The topological polar surface area (TPSA) is 104 Å². The summed E-state index contributed by atoms with van der Waals surface area (Å²) >= 11 is 4.06. The van der Waals surface area contributed by atoms with E-state index in [1.807, 2.05) is 41.1 Å². The van der Waals surface area contributed by atoms with E-state index in [2.05, 4.69) is 21.7 Å². The molecule has 1 amide bonds. The minimum atomic E-state index is -0.538. The number of nitrogens with one attached hydrogen (secondary N) is 2. The standard InChI is InChI=1S/C25H20N4O3S3/c1-3-32-25(31)20-15(2)21(22(30)28-17-8-5-4-6-9-17)35-24(20)27-13-16(12-26)23-29-18(14-34-23)19-10-7-11-33-19/h4-11,13-14,27H,3H2,1-2H3,(H,28,30). The van der Waals surface area contributed by atoms with Gasteiger partial charge in [0.05, 0.1) is 27.6 Å². The molecule has 0 aliphatic carbocycles. The third-order valence-electron chi connectivity index (χ3n) is 4.84. The number of esters is 1. The van der Waals surface area contributed by atoms with Crippen molar-refractivity contribution in [1.82, 2.24) is 4.98 Å². The minimum absolute atomic E-state index is 0.197. The number of allylic oxidation sites excluding steroid dienone is 1. The Morgan fingerprint density at radius 3 is 2.66 bits per heavy atom. The molecule has 2 N–H and O–H groups in total. The highest BCUT2D eigenvalue weighted by Gasteiger charge is 2.25. The van der Waals surface area contributed by atoms with Crippen molar-refractivity contribution >= 4 is 62.1 Å².